The van der Waals surface area contributed by atoms with Crippen LogP contribution in [0.1, 0.15) is 31.1 Å². The van der Waals surface area contributed by atoms with Crippen LogP contribution in [-0.2, 0) is 10.3 Å². The second-order valence-electron chi connectivity index (χ2n) is 5.06. The van der Waals surface area contributed by atoms with Gasteiger partial charge in [0.25, 0.3) is 5.89 Å². The van der Waals surface area contributed by atoms with E-state index in [9.17, 15) is 0 Å². The van der Waals surface area contributed by atoms with Gasteiger partial charge in [-0.1, -0.05) is 5.16 Å². The zero-order valence-corrected chi connectivity index (χ0v) is 12.3. The van der Waals surface area contributed by atoms with E-state index in [1.54, 1.807) is 0 Å². The van der Waals surface area contributed by atoms with E-state index in [0.29, 0.717) is 24.9 Å². The molecule has 0 bridgehead atoms. The number of aromatic nitrogens is 3. The lowest BCUT2D eigenvalue weighted by atomic mass is 10.1. The summed E-state index contributed by atoms with van der Waals surface area (Å²) < 4.78 is 10.6. The standard InChI is InChI=1S/C14H20N4O2/c1-5-19-8-14(4,15)13-17-12(20-18-13)11-7-6-9(2)16-10(11)3/h6-7H,5,8,15H2,1-4H3. The quantitative estimate of drug-likeness (QED) is 0.898. The lowest BCUT2D eigenvalue weighted by Gasteiger charge is -2.19. The van der Waals surface area contributed by atoms with E-state index in [0.717, 1.165) is 17.0 Å². The molecule has 0 amide bonds. The summed E-state index contributed by atoms with van der Waals surface area (Å²) in [6.45, 7) is 8.52. The van der Waals surface area contributed by atoms with Gasteiger partial charge < -0.3 is 15.0 Å². The fraction of sp³-hybridized carbons (Fsp3) is 0.500. The Morgan fingerprint density at radius 1 is 1.30 bits per heavy atom. The Morgan fingerprint density at radius 2 is 2.05 bits per heavy atom. The van der Waals surface area contributed by atoms with Crippen molar-refractivity contribution >= 4 is 0 Å². The predicted molar refractivity (Wildman–Crippen MR) is 75.0 cm³/mol. The molecule has 0 aliphatic carbocycles. The first kappa shape index (κ1) is 14.6. The summed E-state index contributed by atoms with van der Waals surface area (Å²) in [6.07, 6.45) is 0. The molecule has 6 nitrogen and oxygen atoms in total. The molecule has 0 spiro atoms. The molecule has 2 aromatic rings. The second-order valence-corrected chi connectivity index (χ2v) is 5.06. The molecule has 0 fully saturated rings. The number of pyridine rings is 1. The Hall–Kier alpha value is -1.79. The predicted octanol–water partition coefficient (Wildman–Crippen LogP) is 1.96. The fourth-order valence-electron chi connectivity index (χ4n) is 1.86. The SMILES string of the molecule is CCOCC(C)(N)c1noc(-c2ccc(C)nc2C)n1. The van der Waals surface area contributed by atoms with Gasteiger partial charge in [-0.05, 0) is 39.8 Å². The maximum atomic E-state index is 6.15. The van der Waals surface area contributed by atoms with Crippen LogP contribution >= 0.6 is 0 Å². The maximum absolute atomic E-state index is 6.15. The Bertz CT molecular complexity index is 593. The lowest BCUT2D eigenvalue weighted by Crippen LogP contribution is -2.39. The van der Waals surface area contributed by atoms with Crippen LogP contribution in [0, 0.1) is 13.8 Å². The fourth-order valence-corrected chi connectivity index (χ4v) is 1.86. The zero-order chi connectivity index (χ0) is 14.8. The minimum absolute atomic E-state index is 0.341. The van der Waals surface area contributed by atoms with Gasteiger partial charge in [-0.3, -0.25) is 4.98 Å². The molecule has 2 rings (SSSR count). The van der Waals surface area contributed by atoms with E-state index >= 15 is 0 Å². The Morgan fingerprint density at radius 3 is 2.70 bits per heavy atom. The Labute approximate surface area is 118 Å². The number of hydrogen-bond donors (Lipinski definition) is 1. The van der Waals surface area contributed by atoms with Crippen molar-refractivity contribution in [2.45, 2.75) is 33.2 Å². The first-order chi connectivity index (χ1) is 9.44. The average Bonchev–Trinajstić information content (AvgIpc) is 2.86. The molecule has 1 atom stereocenters. The van der Waals surface area contributed by atoms with Crippen LogP contribution < -0.4 is 5.73 Å². The van der Waals surface area contributed by atoms with Gasteiger partial charge in [0.1, 0.15) is 5.54 Å². The van der Waals surface area contributed by atoms with Crippen molar-refractivity contribution < 1.29 is 9.26 Å². The second kappa shape index (κ2) is 5.68. The largest absolute Gasteiger partial charge is 0.379 e. The molecule has 0 aliphatic heterocycles. The van der Waals surface area contributed by atoms with E-state index in [1.807, 2.05) is 39.8 Å². The molecule has 2 aromatic heterocycles. The minimum atomic E-state index is -0.774. The highest BCUT2D eigenvalue weighted by atomic mass is 16.5. The molecular formula is C14H20N4O2. The van der Waals surface area contributed by atoms with Gasteiger partial charge in [-0.25, -0.2) is 0 Å². The molecule has 108 valence electrons. The summed E-state index contributed by atoms with van der Waals surface area (Å²) in [4.78, 5) is 8.76. The van der Waals surface area contributed by atoms with Crippen molar-refractivity contribution in [2.24, 2.45) is 5.73 Å². The monoisotopic (exact) mass is 276 g/mol. The molecule has 0 aromatic carbocycles. The van der Waals surface area contributed by atoms with Crippen molar-refractivity contribution in [1.82, 2.24) is 15.1 Å². The highest BCUT2D eigenvalue weighted by Crippen LogP contribution is 2.23. The van der Waals surface area contributed by atoms with E-state index in [1.165, 1.54) is 0 Å². The lowest BCUT2D eigenvalue weighted by molar-refractivity contribution is 0.0962. The van der Waals surface area contributed by atoms with Gasteiger partial charge in [-0.2, -0.15) is 4.98 Å². The van der Waals surface area contributed by atoms with Gasteiger partial charge in [0, 0.05) is 12.3 Å². The van der Waals surface area contributed by atoms with Crippen LogP contribution in [0.2, 0.25) is 0 Å². The van der Waals surface area contributed by atoms with E-state index in [-0.39, 0.29) is 0 Å². The average molecular weight is 276 g/mol. The molecular weight excluding hydrogens is 256 g/mol. The molecule has 6 heteroatoms. The van der Waals surface area contributed by atoms with Gasteiger partial charge >= 0.3 is 0 Å². The molecule has 1 unspecified atom stereocenters. The number of aryl methyl sites for hydroxylation is 2. The van der Waals surface area contributed by atoms with Crippen LogP contribution in [0.4, 0.5) is 0 Å². The number of rotatable bonds is 5. The van der Waals surface area contributed by atoms with Gasteiger partial charge in [0.05, 0.1) is 17.9 Å². The summed E-state index contributed by atoms with van der Waals surface area (Å²) >= 11 is 0. The van der Waals surface area contributed by atoms with Crippen LogP contribution in [-0.4, -0.2) is 28.3 Å². The molecule has 0 saturated carbocycles. The number of nitrogens with two attached hydrogens (primary N) is 1. The first-order valence-corrected chi connectivity index (χ1v) is 6.59. The van der Waals surface area contributed by atoms with Crippen molar-refractivity contribution in [3.8, 4) is 11.5 Å². The Kier molecular flexibility index (Phi) is 4.15. The molecule has 0 radical (unpaired) electrons. The summed E-state index contributed by atoms with van der Waals surface area (Å²) in [5.74, 6) is 0.860. The van der Waals surface area contributed by atoms with Gasteiger partial charge in [-0.15, -0.1) is 0 Å². The summed E-state index contributed by atoms with van der Waals surface area (Å²) in [5, 5.41) is 3.96. The molecule has 20 heavy (non-hydrogen) atoms. The third-order valence-electron chi connectivity index (χ3n) is 3.00. The normalized spacial score (nSPS) is 14.2. The third kappa shape index (κ3) is 3.02. The van der Waals surface area contributed by atoms with Crippen LogP contribution in [0.15, 0.2) is 16.7 Å². The number of ether oxygens (including phenoxy) is 1. The van der Waals surface area contributed by atoms with Crippen molar-refractivity contribution in [2.75, 3.05) is 13.2 Å². The minimum Gasteiger partial charge on any atom is -0.379 e. The van der Waals surface area contributed by atoms with Crippen LogP contribution in [0.5, 0.6) is 0 Å². The molecule has 2 N–H and O–H groups in total. The summed E-state index contributed by atoms with van der Waals surface area (Å²) in [5.41, 5.74) is 8.00. The maximum Gasteiger partial charge on any atom is 0.259 e. The van der Waals surface area contributed by atoms with Crippen molar-refractivity contribution in [3.05, 3.63) is 29.3 Å². The van der Waals surface area contributed by atoms with Crippen LogP contribution in [0.25, 0.3) is 11.5 Å². The van der Waals surface area contributed by atoms with Crippen molar-refractivity contribution in [1.29, 1.82) is 0 Å². The molecule has 0 saturated heterocycles. The highest BCUT2D eigenvalue weighted by molar-refractivity contribution is 5.56. The summed E-state index contributed by atoms with van der Waals surface area (Å²) in [6, 6.07) is 3.83. The smallest absolute Gasteiger partial charge is 0.259 e. The molecule has 0 aliphatic rings. The van der Waals surface area contributed by atoms with E-state index in [4.69, 9.17) is 15.0 Å². The van der Waals surface area contributed by atoms with Crippen molar-refractivity contribution in [3.63, 3.8) is 0 Å². The first-order valence-electron chi connectivity index (χ1n) is 6.59. The summed E-state index contributed by atoms with van der Waals surface area (Å²) in [7, 11) is 0. The van der Waals surface area contributed by atoms with E-state index < -0.39 is 5.54 Å². The zero-order valence-electron chi connectivity index (χ0n) is 12.3. The van der Waals surface area contributed by atoms with E-state index in [2.05, 4.69) is 15.1 Å². The topological polar surface area (TPSA) is 87.1 Å². The molecule has 2 heterocycles. The number of nitrogens with zero attached hydrogens (tertiary/aromatic N) is 3. The van der Waals surface area contributed by atoms with Gasteiger partial charge in [0.15, 0.2) is 5.82 Å². The highest BCUT2D eigenvalue weighted by Gasteiger charge is 2.28. The van der Waals surface area contributed by atoms with Gasteiger partial charge in [0.2, 0.25) is 0 Å². The third-order valence-corrected chi connectivity index (χ3v) is 3.00. The number of hydrogen-bond acceptors (Lipinski definition) is 6. The Balaban J connectivity index is 2.28. The van der Waals surface area contributed by atoms with Crippen LogP contribution in [0.3, 0.4) is 0 Å².